The maximum Gasteiger partial charge on any atom is 0.306 e. The van der Waals surface area contributed by atoms with Crippen LogP contribution in [0.15, 0.2) is 47.4 Å². The Balaban J connectivity index is 1.41. The lowest BCUT2D eigenvalue weighted by Gasteiger charge is -2.08. The summed E-state index contributed by atoms with van der Waals surface area (Å²) in [6, 6.07) is 12.7. The molecule has 3 rings (SSSR count). The van der Waals surface area contributed by atoms with Gasteiger partial charge in [-0.25, -0.2) is 13.1 Å². The molecule has 0 unspecified atom stereocenters. The van der Waals surface area contributed by atoms with E-state index in [1.54, 1.807) is 18.2 Å². The van der Waals surface area contributed by atoms with Crippen molar-refractivity contribution in [3.8, 4) is 0 Å². The molecule has 0 atom stereocenters. The number of hydrogen-bond acceptors (Lipinski definition) is 5. The number of amides is 1. The van der Waals surface area contributed by atoms with Gasteiger partial charge in [-0.3, -0.25) is 9.59 Å². The van der Waals surface area contributed by atoms with Crippen LogP contribution in [0.5, 0.6) is 0 Å². The molecule has 2 aromatic rings. The number of carbonyl (C=O) groups excluding carboxylic acids is 2. The highest BCUT2D eigenvalue weighted by atomic mass is 32.2. The van der Waals surface area contributed by atoms with E-state index in [1.807, 2.05) is 24.3 Å². The van der Waals surface area contributed by atoms with Crippen molar-refractivity contribution in [2.75, 3.05) is 13.2 Å². The molecule has 2 aromatic carbocycles. The minimum atomic E-state index is -3.65. The zero-order chi connectivity index (χ0) is 19.3. The van der Waals surface area contributed by atoms with E-state index in [0.717, 1.165) is 23.6 Å². The Labute approximate surface area is 158 Å². The number of ether oxygens (including phenoxy) is 1. The number of sulfonamides is 1. The van der Waals surface area contributed by atoms with Crippen LogP contribution in [0.3, 0.4) is 0 Å². The Bertz CT molecular complexity index is 938. The molecule has 27 heavy (non-hydrogen) atoms. The number of fused-ring (bicyclic) bond motifs is 1. The first-order valence-corrected chi connectivity index (χ1v) is 10.4. The summed E-state index contributed by atoms with van der Waals surface area (Å²) in [5.74, 6) is -0.825. The minimum absolute atomic E-state index is 0.0386. The van der Waals surface area contributed by atoms with Gasteiger partial charge in [-0.1, -0.05) is 30.3 Å². The number of esters is 1. The normalized spacial score (nSPS) is 14.1. The van der Waals surface area contributed by atoms with Crippen molar-refractivity contribution in [2.24, 2.45) is 0 Å². The van der Waals surface area contributed by atoms with Crippen LogP contribution in [0.4, 0.5) is 0 Å². The summed E-state index contributed by atoms with van der Waals surface area (Å²) in [7, 11) is -3.65. The first kappa shape index (κ1) is 19.3. The molecule has 0 bridgehead atoms. The van der Waals surface area contributed by atoms with Gasteiger partial charge in [0.25, 0.3) is 5.91 Å². The van der Waals surface area contributed by atoms with E-state index in [4.69, 9.17) is 4.74 Å². The van der Waals surface area contributed by atoms with E-state index in [9.17, 15) is 18.0 Å². The van der Waals surface area contributed by atoms with E-state index in [0.29, 0.717) is 0 Å². The standard InChI is InChI=1S/C19H22N2O5S/c22-18(21-16-8-9-16)13-26-19(23)6-3-11-20-27(24,25)17-10-7-14-4-1-2-5-15(14)12-17/h1-2,4-5,7,10,12,16,20H,3,6,8-9,11,13H2,(H,21,22). The molecule has 0 aliphatic heterocycles. The van der Waals surface area contributed by atoms with E-state index < -0.39 is 16.0 Å². The largest absolute Gasteiger partial charge is 0.456 e. The summed E-state index contributed by atoms with van der Waals surface area (Å²) in [5.41, 5.74) is 0. The molecule has 0 radical (unpaired) electrons. The Kier molecular flexibility index (Phi) is 6.08. The van der Waals surface area contributed by atoms with Gasteiger partial charge in [0.05, 0.1) is 4.90 Å². The lowest BCUT2D eigenvalue weighted by atomic mass is 10.1. The predicted molar refractivity (Wildman–Crippen MR) is 100 cm³/mol. The van der Waals surface area contributed by atoms with Gasteiger partial charge in [-0.2, -0.15) is 0 Å². The fraction of sp³-hybridized carbons (Fsp3) is 0.368. The summed E-state index contributed by atoms with van der Waals surface area (Å²) in [6.07, 6.45) is 2.26. The van der Waals surface area contributed by atoms with E-state index in [1.165, 1.54) is 0 Å². The quantitative estimate of drug-likeness (QED) is 0.501. The van der Waals surface area contributed by atoms with Crippen molar-refractivity contribution < 1.29 is 22.7 Å². The maximum absolute atomic E-state index is 12.4. The highest BCUT2D eigenvalue weighted by Gasteiger charge is 2.23. The Morgan fingerprint density at radius 2 is 1.81 bits per heavy atom. The number of benzene rings is 2. The lowest BCUT2D eigenvalue weighted by molar-refractivity contribution is -0.148. The second-order valence-electron chi connectivity index (χ2n) is 6.51. The van der Waals surface area contributed by atoms with Crippen molar-refractivity contribution in [1.82, 2.24) is 10.0 Å². The molecule has 1 saturated carbocycles. The SMILES string of the molecule is O=C(COC(=O)CCCNS(=O)(=O)c1ccc2ccccc2c1)NC1CC1. The van der Waals surface area contributed by atoms with Gasteiger partial charge in [-0.05, 0) is 42.2 Å². The van der Waals surface area contributed by atoms with Crippen molar-refractivity contribution >= 4 is 32.7 Å². The molecular formula is C19H22N2O5S. The Hall–Kier alpha value is -2.45. The van der Waals surface area contributed by atoms with Crippen molar-refractivity contribution in [1.29, 1.82) is 0 Å². The molecule has 0 aromatic heterocycles. The molecule has 1 aliphatic rings. The second-order valence-corrected chi connectivity index (χ2v) is 8.28. The second kappa shape index (κ2) is 8.49. The minimum Gasteiger partial charge on any atom is -0.456 e. The highest BCUT2D eigenvalue weighted by molar-refractivity contribution is 7.89. The molecule has 7 nitrogen and oxygen atoms in total. The molecular weight excluding hydrogens is 368 g/mol. The monoisotopic (exact) mass is 390 g/mol. The van der Waals surface area contributed by atoms with E-state index >= 15 is 0 Å². The number of carbonyl (C=O) groups is 2. The van der Waals surface area contributed by atoms with Gasteiger partial charge in [0.15, 0.2) is 6.61 Å². The lowest BCUT2D eigenvalue weighted by Crippen LogP contribution is -2.30. The van der Waals surface area contributed by atoms with E-state index in [-0.39, 0.29) is 42.8 Å². The van der Waals surface area contributed by atoms with Crippen molar-refractivity contribution in [3.05, 3.63) is 42.5 Å². The van der Waals surface area contributed by atoms with Gasteiger partial charge in [0.1, 0.15) is 0 Å². The third kappa shape index (κ3) is 5.77. The summed E-state index contributed by atoms with van der Waals surface area (Å²) in [5, 5.41) is 4.52. The molecule has 1 amide bonds. The maximum atomic E-state index is 12.4. The fourth-order valence-electron chi connectivity index (χ4n) is 2.57. The molecule has 144 valence electrons. The highest BCUT2D eigenvalue weighted by Crippen LogP contribution is 2.19. The average molecular weight is 390 g/mol. The number of hydrogen-bond donors (Lipinski definition) is 2. The fourth-order valence-corrected chi connectivity index (χ4v) is 3.68. The topological polar surface area (TPSA) is 102 Å². The Morgan fingerprint density at radius 3 is 2.56 bits per heavy atom. The third-order valence-corrected chi connectivity index (χ3v) is 5.65. The van der Waals surface area contributed by atoms with Gasteiger partial charge in [-0.15, -0.1) is 0 Å². The predicted octanol–water partition coefficient (Wildman–Crippen LogP) is 1.72. The molecule has 0 saturated heterocycles. The summed E-state index contributed by atoms with van der Waals surface area (Å²) in [6.45, 7) is -0.184. The third-order valence-electron chi connectivity index (χ3n) is 4.19. The van der Waals surface area contributed by atoms with Crippen LogP contribution in [0, 0.1) is 0 Å². The number of nitrogens with one attached hydrogen (secondary N) is 2. The van der Waals surface area contributed by atoms with E-state index in [2.05, 4.69) is 10.0 Å². The van der Waals surface area contributed by atoms with Crippen LogP contribution >= 0.6 is 0 Å². The van der Waals surface area contributed by atoms with Gasteiger partial charge >= 0.3 is 5.97 Å². The first-order chi connectivity index (χ1) is 12.9. The average Bonchev–Trinajstić information content (AvgIpc) is 3.47. The van der Waals surface area contributed by atoms with Crippen LogP contribution in [0.2, 0.25) is 0 Å². The summed E-state index contributed by atoms with van der Waals surface area (Å²) >= 11 is 0. The Morgan fingerprint density at radius 1 is 1.07 bits per heavy atom. The molecule has 2 N–H and O–H groups in total. The molecule has 0 heterocycles. The van der Waals surface area contributed by atoms with Gasteiger partial charge in [0.2, 0.25) is 10.0 Å². The van der Waals surface area contributed by atoms with Crippen molar-refractivity contribution in [2.45, 2.75) is 36.6 Å². The van der Waals surface area contributed by atoms with Crippen LogP contribution in [-0.2, 0) is 24.3 Å². The smallest absolute Gasteiger partial charge is 0.306 e. The molecule has 1 aliphatic carbocycles. The zero-order valence-electron chi connectivity index (χ0n) is 14.8. The zero-order valence-corrected chi connectivity index (χ0v) is 15.6. The van der Waals surface area contributed by atoms with Gasteiger partial charge in [0, 0.05) is 19.0 Å². The molecule has 0 spiro atoms. The molecule has 8 heteroatoms. The van der Waals surface area contributed by atoms with Crippen LogP contribution in [0.1, 0.15) is 25.7 Å². The van der Waals surface area contributed by atoms with Crippen molar-refractivity contribution in [3.63, 3.8) is 0 Å². The van der Waals surface area contributed by atoms with Crippen LogP contribution in [0.25, 0.3) is 10.8 Å². The summed E-state index contributed by atoms with van der Waals surface area (Å²) < 4.78 is 32.1. The van der Waals surface area contributed by atoms with Crippen LogP contribution in [-0.4, -0.2) is 39.5 Å². The van der Waals surface area contributed by atoms with Crippen LogP contribution < -0.4 is 10.0 Å². The summed E-state index contributed by atoms with van der Waals surface area (Å²) in [4.78, 5) is 23.2. The van der Waals surface area contributed by atoms with Gasteiger partial charge < -0.3 is 10.1 Å². The first-order valence-electron chi connectivity index (χ1n) is 8.87. The number of rotatable bonds is 9. The molecule has 1 fully saturated rings.